The molecule has 1 N–H and O–H groups in total. The highest BCUT2D eigenvalue weighted by Gasteiger charge is 2.04. The van der Waals surface area contributed by atoms with Crippen molar-refractivity contribution in [1.82, 2.24) is 4.98 Å². The molecule has 20 heavy (non-hydrogen) atoms. The van der Waals surface area contributed by atoms with Crippen LogP contribution in [0.1, 0.15) is 24.1 Å². The van der Waals surface area contributed by atoms with E-state index < -0.39 is 0 Å². The molecule has 0 saturated heterocycles. The number of hydrogen-bond donors (Lipinski definition) is 1. The second-order valence-electron chi connectivity index (χ2n) is 4.68. The molecule has 1 heterocycles. The summed E-state index contributed by atoms with van der Waals surface area (Å²) in [7, 11) is 0. The molecule has 0 aliphatic heterocycles. The fraction of sp³-hybridized carbons (Fsp3) is 0.250. The minimum Gasteiger partial charge on any atom is -0.326 e. The van der Waals surface area contributed by atoms with Crippen LogP contribution < -0.4 is 5.32 Å². The van der Waals surface area contributed by atoms with E-state index in [0.29, 0.717) is 6.42 Å². The molecule has 1 aromatic carbocycles. The molecule has 1 amide bonds. The summed E-state index contributed by atoms with van der Waals surface area (Å²) in [6.45, 7) is 1.90. The van der Waals surface area contributed by atoms with Crippen LogP contribution in [-0.4, -0.2) is 10.9 Å². The van der Waals surface area contributed by atoms with Gasteiger partial charge in [0.1, 0.15) is 0 Å². The van der Waals surface area contributed by atoms with Crippen LogP contribution in [0.25, 0.3) is 0 Å². The Kier molecular flexibility index (Phi) is 5.13. The Morgan fingerprint density at radius 2 is 2.10 bits per heavy atom. The predicted octanol–water partition coefficient (Wildman–Crippen LogP) is 4.00. The molecule has 0 saturated carbocycles. The minimum absolute atomic E-state index is 0.0163. The lowest BCUT2D eigenvalue weighted by atomic mass is 10.1. The minimum atomic E-state index is 0.0163. The molecule has 0 atom stereocenters. The van der Waals surface area contributed by atoms with Gasteiger partial charge >= 0.3 is 0 Å². The number of rotatable bonds is 5. The third-order valence-corrected chi connectivity index (χ3v) is 3.36. The van der Waals surface area contributed by atoms with Gasteiger partial charge in [-0.15, -0.1) is 0 Å². The second-order valence-corrected chi connectivity index (χ2v) is 5.09. The van der Waals surface area contributed by atoms with Crippen molar-refractivity contribution in [1.29, 1.82) is 0 Å². The fourth-order valence-corrected chi connectivity index (χ4v) is 2.22. The summed E-state index contributed by atoms with van der Waals surface area (Å²) in [5.74, 6) is 0.0163. The number of amides is 1. The highest BCUT2D eigenvalue weighted by Crippen LogP contribution is 2.17. The van der Waals surface area contributed by atoms with E-state index in [1.807, 2.05) is 37.3 Å². The number of anilines is 1. The van der Waals surface area contributed by atoms with Crippen molar-refractivity contribution in [2.45, 2.75) is 26.2 Å². The molecule has 0 aliphatic rings. The number of nitrogens with one attached hydrogen (secondary N) is 1. The van der Waals surface area contributed by atoms with Crippen LogP contribution in [0.15, 0.2) is 42.6 Å². The van der Waals surface area contributed by atoms with Crippen LogP contribution in [0.3, 0.4) is 0 Å². The molecule has 4 heteroatoms. The normalized spacial score (nSPS) is 10.3. The number of aromatic nitrogens is 1. The number of carbonyl (C=O) groups excluding carboxylic acids is 1. The maximum atomic E-state index is 11.8. The lowest BCUT2D eigenvalue weighted by molar-refractivity contribution is -0.116. The monoisotopic (exact) mass is 288 g/mol. The summed E-state index contributed by atoms with van der Waals surface area (Å²) in [4.78, 5) is 15.9. The fourth-order valence-electron chi connectivity index (χ4n) is 1.99. The Labute approximate surface area is 124 Å². The van der Waals surface area contributed by atoms with Crippen LogP contribution in [-0.2, 0) is 11.2 Å². The number of carbonyl (C=O) groups is 1. The highest BCUT2D eigenvalue weighted by molar-refractivity contribution is 6.31. The maximum Gasteiger partial charge on any atom is 0.224 e. The molecule has 0 bridgehead atoms. The molecule has 0 radical (unpaired) electrons. The van der Waals surface area contributed by atoms with Crippen molar-refractivity contribution in [2.75, 3.05) is 5.32 Å². The lowest BCUT2D eigenvalue weighted by Gasteiger charge is -2.06. The van der Waals surface area contributed by atoms with E-state index in [4.69, 9.17) is 11.6 Å². The third kappa shape index (κ3) is 4.35. The first-order valence-electron chi connectivity index (χ1n) is 6.61. The molecular formula is C16H17ClN2O. The molecule has 2 rings (SSSR count). The number of pyridine rings is 1. The van der Waals surface area contributed by atoms with Crippen molar-refractivity contribution in [2.24, 2.45) is 0 Å². The second kappa shape index (κ2) is 7.06. The SMILES string of the molecule is Cc1cc(NC(=O)CCCc2ccccc2Cl)ccn1. The van der Waals surface area contributed by atoms with Gasteiger partial charge in [0.15, 0.2) is 0 Å². The molecule has 2 aromatic rings. The average Bonchev–Trinajstić information content (AvgIpc) is 2.41. The van der Waals surface area contributed by atoms with E-state index in [2.05, 4.69) is 10.3 Å². The van der Waals surface area contributed by atoms with Gasteiger partial charge in [-0.1, -0.05) is 29.8 Å². The van der Waals surface area contributed by atoms with E-state index in [0.717, 1.165) is 34.8 Å². The first-order valence-corrected chi connectivity index (χ1v) is 6.99. The Balaban J connectivity index is 1.80. The number of halogens is 1. The zero-order valence-corrected chi connectivity index (χ0v) is 12.2. The number of benzene rings is 1. The number of hydrogen-bond acceptors (Lipinski definition) is 2. The van der Waals surface area contributed by atoms with Gasteiger partial charge in [0.2, 0.25) is 5.91 Å². The van der Waals surface area contributed by atoms with E-state index in [-0.39, 0.29) is 5.91 Å². The molecule has 104 valence electrons. The number of nitrogens with zero attached hydrogens (tertiary/aromatic N) is 1. The quantitative estimate of drug-likeness (QED) is 0.903. The Bertz CT molecular complexity index is 599. The van der Waals surface area contributed by atoms with Crippen LogP contribution in [0, 0.1) is 6.92 Å². The molecule has 1 aromatic heterocycles. The lowest BCUT2D eigenvalue weighted by Crippen LogP contribution is -2.11. The van der Waals surface area contributed by atoms with Gasteiger partial charge in [-0.2, -0.15) is 0 Å². The molecule has 3 nitrogen and oxygen atoms in total. The van der Waals surface area contributed by atoms with Crippen molar-refractivity contribution in [3.05, 3.63) is 58.9 Å². The van der Waals surface area contributed by atoms with Crippen LogP contribution in [0.2, 0.25) is 5.02 Å². The predicted molar refractivity (Wildman–Crippen MR) is 82.0 cm³/mol. The van der Waals surface area contributed by atoms with E-state index in [1.165, 1.54) is 0 Å². The summed E-state index contributed by atoms with van der Waals surface area (Å²) < 4.78 is 0. The number of aryl methyl sites for hydroxylation is 2. The van der Waals surface area contributed by atoms with Gasteiger partial charge < -0.3 is 5.32 Å². The standard InChI is InChI=1S/C16H17ClN2O/c1-12-11-14(9-10-18-12)19-16(20)8-4-6-13-5-2-3-7-15(13)17/h2-3,5,7,9-11H,4,6,8H2,1H3,(H,18,19,20). The smallest absolute Gasteiger partial charge is 0.224 e. The summed E-state index contributed by atoms with van der Waals surface area (Å²) in [5, 5.41) is 3.63. The molecular weight excluding hydrogens is 272 g/mol. The van der Waals surface area contributed by atoms with Gasteiger partial charge in [0, 0.05) is 29.0 Å². The van der Waals surface area contributed by atoms with Crippen LogP contribution in [0.5, 0.6) is 0 Å². The molecule has 0 aliphatic carbocycles. The summed E-state index contributed by atoms with van der Waals surface area (Å²) >= 11 is 6.08. The molecule has 0 unspecified atom stereocenters. The highest BCUT2D eigenvalue weighted by atomic mass is 35.5. The van der Waals surface area contributed by atoms with E-state index in [9.17, 15) is 4.79 Å². The first kappa shape index (κ1) is 14.5. The summed E-state index contributed by atoms with van der Waals surface area (Å²) in [6, 6.07) is 11.4. The van der Waals surface area contributed by atoms with Crippen LogP contribution >= 0.6 is 11.6 Å². The zero-order chi connectivity index (χ0) is 14.4. The largest absolute Gasteiger partial charge is 0.326 e. The maximum absolute atomic E-state index is 11.8. The average molecular weight is 289 g/mol. The zero-order valence-electron chi connectivity index (χ0n) is 11.4. The Hall–Kier alpha value is -1.87. The van der Waals surface area contributed by atoms with Gasteiger partial charge in [0.25, 0.3) is 0 Å². The molecule has 0 spiro atoms. The summed E-state index contributed by atoms with van der Waals surface area (Å²) in [5.41, 5.74) is 2.76. The van der Waals surface area contributed by atoms with Gasteiger partial charge in [-0.05, 0) is 43.5 Å². The first-order chi connectivity index (χ1) is 9.65. The van der Waals surface area contributed by atoms with Gasteiger partial charge in [-0.25, -0.2) is 0 Å². The van der Waals surface area contributed by atoms with Gasteiger partial charge in [0.05, 0.1) is 0 Å². The van der Waals surface area contributed by atoms with E-state index in [1.54, 1.807) is 12.3 Å². The molecule has 0 fully saturated rings. The Morgan fingerprint density at radius 3 is 2.85 bits per heavy atom. The Morgan fingerprint density at radius 1 is 1.30 bits per heavy atom. The van der Waals surface area contributed by atoms with Crippen molar-refractivity contribution in [3.63, 3.8) is 0 Å². The summed E-state index contributed by atoms with van der Waals surface area (Å²) in [6.07, 6.45) is 3.75. The topological polar surface area (TPSA) is 42.0 Å². The van der Waals surface area contributed by atoms with E-state index >= 15 is 0 Å². The van der Waals surface area contributed by atoms with Gasteiger partial charge in [-0.3, -0.25) is 9.78 Å². The third-order valence-electron chi connectivity index (χ3n) is 2.99. The van der Waals surface area contributed by atoms with Crippen molar-refractivity contribution < 1.29 is 4.79 Å². The van der Waals surface area contributed by atoms with Crippen molar-refractivity contribution >= 4 is 23.2 Å². The van der Waals surface area contributed by atoms with Crippen molar-refractivity contribution in [3.8, 4) is 0 Å². The van der Waals surface area contributed by atoms with Crippen LogP contribution in [0.4, 0.5) is 5.69 Å².